The second-order valence-electron chi connectivity index (χ2n) is 7.23. The van der Waals surface area contributed by atoms with E-state index < -0.39 is 10.0 Å². The quantitative estimate of drug-likeness (QED) is 0.627. The predicted octanol–water partition coefficient (Wildman–Crippen LogP) is 2.33. The van der Waals surface area contributed by atoms with Gasteiger partial charge in [0, 0.05) is 38.1 Å². The van der Waals surface area contributed by atoms with E-state index in [4.69, 9.17) is 9.47 Å². The van der Waals surface area contributed by atoms with Gasteiger partial charge in [-0.15, -0.1) is 0 Å². The largest absolute Gasteiger partial charge is 0.493 e. The normalized spacial score (nSPS) is 15.7. The lowest BCUT2D eigenvalue weighted by Crippen LogP contribution is -2.41. The highest BCUT2D eigenvalue weighted by atomic mass is 32.2. The lowest BCUT2D eigenvalue weighted by Gasteiger charge is -2.31. The molecule has 0 bridgehead atoms. The molecule has 1 aromatic carbocycles. The third kappa shape index (κ3) is 5.83. The Labute approximate surface area is 182 Å². The van der Waals surface area contributed by atoms with Gasteiger partial charge in [0.1, 0.15) is 4.90 Å². The van der Waals surface area contributed by atoms with Crippen molar-refractivity contribution < 1.29 is 22.7 Å². The van der Waals surface area contributed by atoms with Crippen molar-refractivity contribution >= 4 is 22.0 Å². The first-order valence-corrected chi connectivity index (χ1v) is 11.5. The number of carbonyl (C=O) groups is 1. The van der Waals surface area contributed by atoms with Crippen LogP contribution >= 0.6 is 0 Å². The minimum absolute atomic E-state index is 0.194. The van der Waals surface area contributed by atoms with Gasteiger partial charge in [-0.05, 0) is 54.7 Å². The lowest BCUT2D eigenvalue weighted by atomic mass is 9.98. The van der Waals surface area contributed by atoms with Crippen LogP contribution in [-0.4, -0.2) is 57.5 Å². The van der Waals surface area contributed by atoms with Crippen molar-refractivity contribution in [3.8, 4) is 11.5 Å². The van der Waals surface area contributed by atoms with Crippen LogP contribution in [0.5, 0.6) is 11.5 Å². The Morgan fingerprint density at radius 3 is 2.58 bits per heavy atom. The van der Waals surface area contributed by atoms with Crippen LogP contribution in [0.15, 0.2) is 53.7 Å². The first-order valence-electron chi connectivity index (χ1n) is 10.0. The monoisotopic (exact) mass is 445 g/mol. The van der Waals surface area contributed by atoms with Crippen molar-refractivity contribution in [3.63, 3.8) is 0 Å². The number of methoxy groups -OCH3 is 2. The number of amides is 1. The second kappa shape index (κ2) is 10.4. The van der Waals surface area contributed by atoms with E-state index in [-0.39, 0.29) is 16.7 Å². The SMILES string of the molecule is COc1ccc(/C=C/C(=O)NCC2CCN(S(=O)(=O)c3cccnc3)CC2)cc1OC. The number of hydrogen-bond donors (Lipinski definition) is 1. The van der Waals surface area contributed by atoms with Crippen LogP contribution in [0.2, 0.25) is 0 Å². The molecule has 9 heteroatoms. The molecule has 1 fully saturated rings. The van der Waals surface area contributed by atoms with Crippen molar-refractivity contribution in [3.05, 3.63) is 54.4 Å². The maximum Gasteiger partial charge on any atom is 0.244 e. The number of rotatable bonds is 8. The highest BCUT2D eigenvalue weighted by Crippen LogP contribution is 2.28. The summed E-state index contributed by atoms with van der Waals surface area (Å²) in [6.45, 7) is 1.37. The topological polar surface area (TPSA) is 97.8 Å². The standard InChI is InChI=1S/C22H27N3O5S/c1-29-20-7-5-17(14-21(20)30-2)6-8-22(26)24-15-18-9-12-25(13-10-18)31(27,28)19-4-3-11-23-16-19/h3-8,11,14,16,18H,9-10,12-13,15H2,1-2H3,(H,24,26)/b8-6+. The minimum Gasteiger partial charge on any atom is -0.493 e. The number of carbonyl (C=O) groups excluding carboxylic acids is 1. The Morgan fingerprint density at radius 1 is 1.19 bits per heavy atom. The van der Waals surface area contributed by atoms with Crippen molar-refractivity contribution in [2.24, 2.45) is 5.92 Å². The highest BCUT2D eigenvalue weighted by Gasteiger charge is 2.29. The van der Waals surface area contributed by atoms with E-state index in [1.807, 2.05) is 6.07 Å². The van der Waals surface area contributed by atoms with Gasteiger partial charge in [-0.3, -0.25) is 9.78 Å². The number of nitrogens with one attached hydrogen (secondary N) is 1. The van der Waals surface area contributed by atoms with Crippen LogP contribution in [0.1, 0.15) is 18.4 Å². The fourth-order valence-corrected chi connectivity index (χ4v) is 4.87. The molecular weight excluding hydrogens is 418 g/mol. The summed E-state index contributed by atoms with van der Waals surface area (Å²) in [6.07, 6.45) is 7.49. The van der Waals surface area contributed by atoms with E-state index >= 15 is 0 Å². The lowest BCUT2D eigenvalue weighted by molar-refractivity contribution is -0.116. The number of ether oxygens (including phenoxy) is 2. The summed E-state index contributed by atoms with van der Waals surface area (Å²) in [6, 6.07) is 8.58. The Bertz CT molecular complexity index is 1020. The fraction of sp³-hybridized carbons (Fsp3) is 0.364. The zero-order valence-electron chi connectivity index (χ0n) is 17.7. The molecule has 1 saturated heterocycles. The minimum atomic E-state index is -3.51. The summed E-state index contributed by atoms with van der Waals surface area (Å²) in [5, 5.41) is 2.90. The second-order valence-corrected chi connectivity index (χ2v) is 9.17. The number of sulfonamides is 1. The van der Waals surface area contributed by atoms with Crippen LogP contribution in [0.25, 0.3) is 6.08 Å². The van der Waals surface area contributed by atoms with Crippen LogP contribution in [0, 0.1) is 5.92 Å². The van der Waals surface area contributed by atoms with Gasteiger partial charge in [-0.25, -0.2) is 8.42 Å². The van der Waals surface area contributed by atoms with E-state index in [1.165, 1.54) is 16.6 Å². The third-order valence-corrected chi connectivity index (χ3v) is 7.13. The van der Waals surface area contributed by atoms with Crippen LogP contribution in [-0.2, 0) is 14.8 Å². The molecule has 1 amide bonds. The first kappa shape index (κ1) is 22.8. The van der Waals surface area contributed by atoms with Crippen molar-refractivity contribution in [1.82, 2.24) is 14.6 Å². The maximum atomic E-state index is 12.7. The summed E-state index contributed by atoms with van der Waals surface area (Å²) < 4.78 is 37.3. The van der Waals surface area contributed by atoms with E-state index in [0.29, 0.717) is 44.0 Å². The average Bonchev–Trinajstić information content (AvgIpc) is 2.82. The summed E-state index contributed by atoms with van der Waals surface area (Å²) in [4.78, 5) is 16.3. The van der Waals surface area contributed by atoms with E-state index in [2.05, 4.69) is 10.3 Å². The van der Waals surface area contributed by atoms with Gasteiger partial charge in [0.15, 0.2) is 11.5 Å². The molecule has 0 spiro atoms. The Hall–Kier alpha value is -2.91. The molecule has 0 unspecified atom stereocenters. The van der Waals surface area contributed by atoms with Gasteiger partial charge in [0.25, 0.3) is 0 Å². The van der Waals surface area contributed by atoms with Gasteiger partial charge in [-0.1, -0.05) is 6.07 Å². The molecular formula is C22H27N3O5S. The molecule has 0 atom stereocenters. The molecule has 3 rings (SSSR count). The van der Waals surface area contributed by atoms with E-state index in [1.54, 1.807) is 50.8 Å². The first-order chi connectivity index (χ1) is 14.9. The molecule has 0 saturated carbocycles. The highest BCUT2D eigenvalue weighted by molar-refractivity contribution is 7.89. The number of nitrogens with zero attached hydrogens (tertiary/aromatic N) is 2. The number of hydrogen-bond acceptors (Lipinski definition) is 6. The Balaban J connectivity index is 1.47. The number of aromatic nitrogens is 1. The van der Waals surface area contributed by atoms with Crippen molar-refractivity contribution in [2.45, 2.75) is 17.7 Å². The van der Waals surface area contributed by atoms with Crippen LogP contribution in [0.3, 0.4) is 0 Å². The Morgan fingerprint density at radius 2 is 1.94 bits per heavy atom. The zero-order valence-corrected chi connectivity index (χ0v) is 18.5. The third-order valence-electron chi connectivity index (χ3n) is 5.25. The molecule has 0 radical (unpaired) electrons. The van der Waals surface area contributed by atoms with Gasteiger partial charge in [0.05, 0.1) is 14.2 Å². The van der Waals surface area contributed by atoms with Crippen LogP contribution in [0.4, 0.5) is 0 Å². The Kier molecular flexibility index (Phi) is 7.64. The molecule has 0 aliphatic carbocycles. The molecule has 2 aromatic rings. The van der Waals surface area contributed by atoms with Gasteiger partial charge in [0.2, 0.25) is 15.9 Å². The maximum absolute atomic E-state index is 12.7. The summed E-state index contributed by atoms with van der Waals surface area (Å²) in [5.41, 5.74) is 0.821. The molecule has 2 heterocycles. The molecule has 31 heavy (non-hydrogen) atoms. The van der Waals surface area contributed by atoms with E-state index in [9.17, 15) is 13.2 Å². The van der Waals surface area contributed by atoms with E-state index in [0.717, 1.165) is 5.56 Å². The predicted molar refractivity (Wildman–Crippen MR) is 117 cm³/mol. The fourth-order valence-electron chi connectivity index (χ4n) is 3.43. The summed E-state index contributed by atoms with van der Waals surface area (Å²) in [5.74, 6) is 1.26. The molecule has 8 nitrogen and oxygen atoms in total. The zero-order chi connectivity index (χ0) is 22.3. The average molecular weight is 446 g/mol. The van der Waals surface area contributed by atoms with Gasteiger partial charge < -0.3 is 14.8 Å². The number of piperidine rings is 1. The number of pyridine rings is 1. The van der Waals surface area contributed by atoms with Gasteiger partial charge >= 0.3 is 0 Å². The summed E-state index contributed by atoms with van der Waals surface area (Å²) in [7, 11) is -0.384. The molecule has 1 aromatic heterocycles. The molecule has 1 aliphatic heterocycles. The van der Waals surface area contributed by atoms with Crippen molar-refractivity contribution in [1.29, 1.82) is 0 Å². The van der Waals surface area contributed by atoms with Gasteiger partial charge in [-0.2, -0.15) is 4.31 Å². The summed E-state index contributed by atoms with van der Waals surface area (Å²) >= 11 is 0. The van der Waals surface area contributed by atoms with Crippen LogP contribution < -0.4 is 14.8 Å². The molecule has 1 N–H and O–H groups in total. The van der Waals surface area contributed by atoms with Crippen molar-refractivity contribution in [2.75, 3.05) is 33.9 Å². The smallest absolute Gasteiger partial charge is 0.244 e. The molecule has 1 aliphatic rings. The molecule has 166 valence electrons. The number of benzene rings is 1.